The first-order valence-corrected chi connectivity index (χ1v) is 9.81. The van der Waals surface area contributed by atoms with Crippen molar-refractivity contribution in [3.8, 4) is 0 Å². The van der Waals surface area contributed by atoms with Gasteiger partial charge in [-0.3, -0.25) is 9.69 Å². The lowest BCUT2D eigenvalue weighted by Gasteiger charge is -2.30. The van der Waals surface area contributed by atoms with Crippen molar-refractivity contribution in [1.29, 1.82) is 0 Å². The molecule has 0 aliphatic carbocycles. The van der Waals surface area contributed by atoms with E-state index < -0.39 is 0 Å². The number of hydrogen-bond acceptors (Lipinski definition) is 3. The minimum absolute atomic E-state index is 0. The van der Waals surface area contributed by atoms with Crippen molar-refractivity contribution in [2.75, 3.05) is 19.6 Å². The third-order valence-electron chi connectivity index (χ3n) is 4.53. The molecule has 1 aliphatic rings. The summed E-state index contributed by atoms with van der Waals surface area (Å²) < 4.78 is 0. The van der Waals surface area contributed by atoms with Crippen LogP contribution in [0.4, 0.5) is 0 Å². The molecule has 1 aromatic carbocycles. The Balaban J connectivity index is 0.00000225. The zero-order chi connectivity index (χ0) is 16.8. The Kier molecular flexibility index (Phi) is 8.24. The monoisotopic (exact) mass is 398 g/mol. The second-order valence-electron chi connectivity index (χ2n) is 6.17. The molecule has 0 radical (unpaired) electrons. The first-order valence-electron chi connectivity index (χ1n) is 8.56. The molecule has 0 spiro atoms. The predicted octanol–water partition coefficient (Wildman–Crippen LogP) is 5.17. The summed E-state index contributed by atoms with van der Waals surface area (Å²) in [6.45, 7) is 2.82. The number of nitrogens with zero attached hydrogens (tertiary/aromatic N) is 1. The molecule has 0 saturated carbocycles. The van der Waals surface area contributed by atoms with Crippen molar-refractivity contribution < 1.29 is 4.79 Å². The lowest BCUT2D eigenvalue weighted by atomic mass is 10.1. The third-order valence-corrected chi connectivity index (χ3v) is 5.83. The molecule has 0 bridgehead atoms. The molecule has 25 heavy (non-hydrogen) atoms. The van der Waals surface area contributed by atoms with Gasteiger partial charge < -0.3 is 5.32 Å². The third kappa shape index (κ3) is 5.45. The average molecular weight is 399 g/mol. The van der Waals surface area contributed by atoms with Gasteiger partial charge in [0.05, 0.1) is 16.6 Å². The first kappa shape index (κ1) is 20.2. The lowest BCUT2D eigenvalue weighted by Crippen LogP contribution is -2.38. The molecular formula is C19H24Cl2N2OS. The van der Waals surface area contributed by atoms with Crippen LogP contribution in [0, 0.1) is 0 Å². The maximum atomic E-state index is 12.5. The second kappa shape index (κ2) is 10.2. The normalized spacial score (nSPS) is 16.5. The smallest absolute Gasteiger partial charge is 0.252 e. The molecule has 6 heteroatoms. The van der Waals surface area contributed by atoms with E-state index in [-0.39, 0.29) is 24.4 Å². The molecule has 1 fully saturated rings. The molecule has 3 nitrogen and oxygen atoms in total. The summed E-state index contributed by atoms with van der Waals surface area (Å²) >= 11 is 7.90. The largest absolute Gasteiger partial charge is 0.350 e. The number of thiophene rings is 1. The summed E-state index contributed by atoms with van der Waals surface area (Å²) in [7, 11) is 0. The van der Waals surface area contributed by atoms with Crippen LogP contribution in [-0.2, 0) is 0 Å². The van der Waals surface area contributed by atoms with E-state index in [0.717, 1.165) is 13.1 Å². The molecule has 1 saturated heterocycles. The summed E-state index contributed by atoms with van der Waals surface area (Å²) in [6.07, 6.45) is 5.08. The Bertz CT molecular complexity index is 655. The van der Waals surface area contributed by atoms with Crippen LogP contribution in [0.2, 0.25) is 5.02 Å². The van der Waals surface area contributed by atoms with Crippen molar-refractivity contribution in [1.82, 2.24) is 10.2 Å². The number of benzene rings is 1. The highest BCUT2D eigenvalue weighted by Crippen LogP contribution is 2.27. The Morgan fingerprint density at radius 2 is 1.84 bits per heavy atom. The van der Waals surface area contributed by atoms with Crippen LogP contribution in [0.5, 0.6) is 0 Å². The SMILES string of the molecule is Cl.O=C(NCC(c1cccs1)N1CCCCCC1)c1ccccc1Cl. The van der Waals surface area contributed by atoms with Gasteiger partial charge in [0.1, 0.15) is 0 Å². The number of likely N-dealkylation sites (tertiary alicyclic amines) is 1. The summed E-state index contributed by atoms with van der Waals surface area (Å²) in [4.78, 5) is 16.3. The van der Waals surface area contributed by atoms with Crippen LogP contribution in [0.25, 0.3) is 0 Å². The van der Waals surface area contributed by atoms with E-state index in [9.17, 15) is 4.79 Å². The number of halogens is 2. The quantitative estimate of drug-likeness (QED) is 0.752. The van der Waals surface area contributed by atoms with E-state index in [0.29, 0.717) is 17.1 Å². The van der Waals surface area contributed by atoms with Gasteiger partial charge in [0.15, 0.2) is 0 Å². The van der Waals surface area contributed by atoms with Gasteiger partial charge in [-0.25, -0.2) is 0 Å². The van der Waals surface area contributed by atoms with E-state index in [2.05, 4.69) is 27.7 Å². The van der Waals surface area contributed by atoms with Crippen LogP contribution in [0.15, 0.2) is 41.8 Å². The summed E-state index contributed by atoms with van der Waals surface area (Å²) in [6, 6.07) is 11.7. The molecule has 1 amide bonds. The highest BCUT2D eigenvalue weighted by atomic mass is 35.5. The van der Waals surface area contributed by atoms with Crippen molar-refractivity contribution in [2.24, 2.45) is 0 Å². The highest BCUT2D eigenvalue weighted by Gasteiger charge is 2.23. The predicted molar refractivity (Wildman–Crippen MR) is 108 cm³/mol. The molecule has 3 rings (SSSR count). The fourth-order valence-electron chi connectivity index (χ4n) is 3.23. The van der Waals surface area contributed by atoms with Crippen LogP contribution < -0.4 is 5.32 Å². The van der Waals surface area contributed by atoms with Crippen molar-refractivity contribution in [3.05, 3.63) is 57.2 Å². The Morgan fingerprint density at radius 1 is 1.12 bits per heavy atom. The minimum Gasteiger partial charge on any atom is -0.350 e. The van der Waals surface area contributed by atoms with E-state index in [4.69, 9.17) is 11.6 Å². The Labute approximate surface area is 164 Å². The van der Waals surface area contributed by atoms with Gasteiger partial charge in [0, 0.05) is 11.4 Å². The molecule has 1 N–H and O–H groups in total. The molecule has 2 aromatic rings. The van der Waals surface area contributed by atoms with Gasteiger partial charge in [0.2, 0.25) is 0 Å². The van der Waals surface area contributed by atoms with Gasteiger partial charge in [-0.15, -0.1) is 23.7 Å². The molecule has 1 aliphatic heterocycles. The van der Waals surface area contributed by atoms with Crippen LogP contribution in [0.3, 0.4) is 0 Å². The molecule has 2 heterocycles. The molecular weight excluding hydrogens is 375 g/mol. The lowest BCUT2D eigenvalue weighted by molar-refractivity contribution is 0.0934. The number of amides is 1. The molecule has 136 valence electrons. The topological polar surface area (TPSA) is 32.3 Å². The number of carbonyl (C=O) groups is 1. The average Bonchev–Trinajstić information content (AvgIpc) is 2.98. The van der Waals surface area contributed by atoms with E-state index in [1.807, 2.05) is 12.1 Å². The van der Waals surface area contributed by atoms with E-state index in [1.54, 1.807) is 23.5 Å². The van der Waals surface area contributed by atoms with E-state index in [1.165, 1.54) is 30.6 Å². The van der Waals surface area contributed by atoms with Gasteiger partial charge in [-0.1, -0.05) is 42.6 Å². The zero-order valence-corrected chi connectivity index (χ0v) is 16.5. The van der Waals surface area contributed by atoms with Crippen molar-refractivity contribution in [3.63, 3.8) is 0 Å². The molecule has 1 unspecified atom stereocenters. The van der Waals surface area contributed by atoms with E-state index >= 15 is 0 Å². The van der Waals surface area contributed by atoms with Gasteiger partial charge >= 0.3 is 0 Å². The second-order valence-corrected chi connectivity index (χ2v) is 7.56. The fraction of sp³-hybridized carbons (Fsp3) is 0.421. The first-order chi connectivity index (χ1) is 11.8. The molecule has 1 atom stereocenters. The minimum atomic E-state index is -0.100. The maximum absolute atomic E-state index is 12.5. The van der Waals surface area contributed by atoms with Gasteiger partial charge in [0.25, 0.3) is 5.91 Å². The number of carbonyl (C=O) groups excluding carboxylic acids is 1. The Morgan fingerprint density at radius 3 is 2.48 bits per heavy atom. The highest BCUT2D eigenvalue weighted by molar-refractivity contribution is 7.10. The molecule has 1 aromatic heterocycles. The number of hydrogen-bond donors (Lipinski definition) is 1. The van der Waals surface area contributed by atoms with Crippen LogP contribution >= 0.6 is 35.3 Å². The summed E-state index contributed by atoms with van der Waals surface area (Å²) in [5.41, 5.74) is 0.542. The summed E-state index contributed by atoms with van der Waals surface area (Å²) in [5.74, 6) is -0.100. The van der Waals surface area contributed by atoms with Gasteiger partial charge in [-0.05, 0) is 49.5 Å². The van der Waals surface area contributed by atoms with Gasteiger partial charge in [-0.2, -0.15) is 0 Å². The van der Waals surface area contributed by atoms with Crippen LogP contribution in [0.1, 0.15) is 47.0 Å². The standard InChI is InChI=1S/C19H23ClN2OS.ClH/c20-16-9-4-3-8-15(16)19(23)21-14-17(18-10-7-13-24-18)22-11-5-1-2-6-12-22;/h3-4,7-10,13,17H,1-2,5-6,11-12,14H2,(H,21,23);1H. The van der Waals surface area contributed by atoms with Crippen molar-refractivity contribution in [2.45, 2.75) is 31.7 Å². The summed E-state index contributed by atoms with van der Waals surface area (Å²) in [5, 5.41) is 5.69. The zero-order valence-electron chi connectivity index (χ0n) is 14.1. The fourth-order valence-corrected chi connectivity index (χ4v) is 4.31. The van der Waals surface area contributed by atoms with Crippen molar-refractivity contribution >= 4 is 41.3 Å². The number of rotatable bonds is 5. The maximum Gasteiger partial charge on any atom is 0.252 e. The van der Waals surface area contributed by atoms with Crippen LogP contribution in [-0.4, -0.2) is 30.4 Å². The number of nitrogens with one attached hydrogen (secondary N) is 1. The Hall–Kier alpha value is -1.07.